The van der Waals surface area contributed by atoms with Gasteiger partial charge < -0.3 is 71.9 Å². The van der Waals surface area contributed by atoms with Crippen LogP contribution in [0.2, 0.25) is 0 Å². The third kappa shape index (κ3) is 12.0. The van der Waals surface area contributed by atoms with E-state index in [0.717, 1.165) is 34.1 Å². The van der Waals surface area contributed by atoms with Crippen molar-refractivity contribution in [3.63, 3.8) is 0 Å². The predicted molar refractivity (Wildman–Crippen MR) is 205 cm³/mol. The third-order valence-corrected chi connectivity index (χ3v) is 9.24. The van der Waals surface area contributed by atoms with Gasteiger partial charge in [0, 0.05) is 51.0 Å². The first-order valence-electron chi connectivity index (χ1n) is 17.8. The van der Waals surface area contributed by atoms with Crippen molar-refractivity contribution >= 4 is 52.8 Å². The van der Waals surface area contributed by atoms with Gasteiger partial charge in [0.05, 0.1) is 45.0 Å². The maximum atomic E-state index is 12.3. The number of aromatic carboxylic acids is 1. The Morgan fingerprint density at radius 1 is 0.597 bits per heavy atom. The number of nitrogen functional groups attached to an aromatic ring is 1. The Bertz CT molecular complexity index is 2190. The van der Waals surface area contributed by atoms with E-state index in [1.165, 1.54) is 30.3 Å². The predicted octanol–water partition coefficient (Wildman–Crippen LogP) is -0.613. The van der Waals surface area contributed by atoms with Gasteiger partial charge in [-0.25, -0.2) is 14.4 Å². The van der Waals surface area contributed by atoms with Gasteiger partial charge in [0.2, 0.25) is 11.5 Å². The molecule has 3 aromatic rings. The number of nitrogens with two attached hydrogens (primary N) is 1. The molecule has 0 aliphatic carbocycles. The normalized spacial score (nSPS) is 21.1. The number of aromatic hydroxyl groups is 3. The van der Waals surface area contributed by atoms with Crippen molar-refractivity contribution in [3.8, 4) is 17.2 Å². The van der Waals surface area contributed by atoms with Crippen LogP contribution in [0.15, 0.2) is 54.6 Å². The molecule has 2 amide bonds. The van der Waals surface area contributed by atoms with Crippen LogP contribution in [0.3, 0.4) is 0 Å². The van der Waals surface area contributed by atoms with Crippen LogP contribution in [0.4, 0.5) is 17.1 Å². The lowest BCUT2D eigenvalue weighted by molar-refractivity contribution is -0.386. The molecule has 26 heteroatoms. The summed E-state index contributed by atoms with van der Waals surface area (Å²) in [5.41, 5.74) is 3.36. The second-order valence-corrected chi connectivity index (χ2v) is 13.5. The molecule has 26 nitrogen and oxygen atoms in total. The van der Waals surface area contributed by atoms with E-state index >= 15 is 0 Å². The number of carboxylic acid groups (broad SMARTS) is 4. The van der Waals surface area contributed by atoms with Gasteiger partial charge in [0.15, 0.2) is 5.75 Å². The number of anilines is 1. The Morgan fingerprint density at radius 2 is 1.00 bits per heavy atom. The maximum absolute atomic E-state index is 12.3. The molecule has 3 aliphatic heterocycles. The van der Waals surface area contributed by atoms with Crippen LogP contribution in [-0.2, 0) is 14.4 Å². The number of β-amino-alcohol motifs (C(OH)–C–C–N with tert-alkyl or cyclic N) is 3. The zero-order valence-electron chi connectivity index (χ0n) is 31.8. The molecule has 0 radical (unpaired) electrons. The molecule has 3 aliphatic rings. The highest BCUT2D eigenvalue weighted by molar-refractivity contribution is 6.01. The zero-order valence-corrected chi connectivity index (χ0v) is 31.8. The Morgan fingerprint density at radius 3 is 1.35 bits per heavy atom. The van der Waals surface area contributed by atoms with Crippen LogP contribution in [-0.4, -0.2) is 162 Å². The van der Waals surface area contributed by atoms with Crippen molar-refractivity contribution in [2.75, 3.05) is 25.4 Å². The summed E-state index contributed by atoms with van der Waals surface area (Å²) in [7, 11) is 0. The van der Waals surface area contributed by atoms with Crippen molar-refractivity contribution < 1.29 is 89.7 Å². The van der Waals surface area contributed by atoms with E-state index in [1.54, 1.807) is 0 Å². The molecule has 6 atom stereocenters. The summed E-state index contributed by atoms with van der Waals surface area (Å²) in [5, 5.41) is 115. The average molecular weight is 877 g/mol. The van der Waals surface area contributed by atoms with Crippen LogP contribution >= 0.6 is 0 Å². The van der Waals surface area contributed by atoms with Gasteiger partial charge in [-0.05, 0) is 24.3 Å². The number of amides is 2. The molecule has 3 heterocycles. The van der Waals surface area contributed by atoms with Crippen molar-refractivity contribution in [2.24, 2.45) is 0 Å². The van der Waals surface area contributed by atoms with Gasteiger partial charge in [0.1, 0.15) is 23.7 Å². The lowest BCUT2D eigenvalue weighted by Crippen LogP contribution is -2.40. The van der Waals surface area contributed by atoms with Gasteiger partial charge in [0.25, 0.3) is 11.8 Å². The third-order valence-electron chi connectivity index (χ3n) is 9.24. The number of hydrogen-bond acceptors (Lipinski definition) is 18. The largest absolute Gasteiger partial charge is 0.505 e. The first-order valence-corrected chi connectivity index (χ1v) is 17.8. The van der Waals surface area contributed by atoms with E-state index in [1.807, 2.05) is 0 Å². The number of nitrogens with zero attached hydrogens (tertiary/aromatic N) is 4. The number of nitrogens with one attached hydrogen (secondary N) is 1. The fourth-order valence-corrected chi connectivity index (χ4v) is 6.20. The molecular formula is C36H40N6O20. The van der Waals surface area contributed by atoms with E-state index in [-0.39, 0.29) is 48.5 Å². The van der Waals surface area contributed by atoms with Crippen molar-refractivity contribution in [3.05, 3.63) is 91.5 Å². The van der Waals surface area contributed by atoms with E-state index in [0.29, 0.717) is 13.0 Å². The molecule has 334 valence electrons. The number of likely N-dealkylation sites (tertiary alicyclic amines) is 2. The molecule has 13 N–H and O–H groups in total. The number of rotatable bonds is 8. The fourth-order valence-electron chi connectivity index (χ4n) is 6.20. The minimum Gasteiger partial charge on any atom is -0.505 e. The van der Waals surface area contributed by atoms with Gasteiger partial charge in [-0.15, -0.1) is 0 Å². The monoisotopic (exact) mass is 876 g/mol. The first kappa shape index (κ1) is 48.7. The summed E-state index contributed by atoms with van der Waals surface area (Å²) in [5.74, 6) is -8.31. The highest BCUT2D eigenvalue weighted by Gasteiger charge is 2.41. The second-order valence-electron chi connectivity index (χ2n) is 13.5. The SMILES string of the molecule is Nc1cccc(C(=O)N2C[C@@H](O)C[C@H]2C(=O)O)c1O.O=C(O)[C@@H]1C[C@H](O)CN1.O=C(O)[C@@H]1C[C@H](O)CN1C(=O)c1cccc([N+](=O)[O-])c1O.O=C(O)c1cccc([N+](=O)[O-])c1O. The number of nitro groups is 2. The first-order chi connectivity index (χ1) is 29.0. The summed E-state index contributed by atoms with van der Waals surface area (Å²) >= 11 is 0. The van der Waals surface area contributed by atoms with E-state index in [9.17, 15) is 69.4 Å². The van der Waals surface area contributed by atoms with E-state index < -0.39 is 110 Å². The molecule has 6 rings (SSSR count). The number of benzene rings is 3. The Balaban J connectivity index is 0.000000230. The van der Waals surface area contributed by atoms with Crippen LogP contribution in [0.1, 0.15) is 50.3 Å². The standard InChI is InChI=1S/C12H12N2O7.C12H14N2O5.C7H5NO5.C5H9NO3/c15-6-4-9(12(18)19)13(5-6)11(17)7-2-1-3-8(10(7)16)14(20)21;13-8-3-1-2-7(10(8)16)11(17)14-5-6(15)4-9(14)12(18)19;9-6-4(7(10)11)2-1-3-5(6)8(12)13;7-3-1-4(5(8)9)6-2-3/h1-3,6,9,15-16H,4-5H2,(H,18,19);1-3,6,9,15-16H,4-5,13H2,(H,18,19);1-3,9H,(H,10,11);3-4,6-7H,1-2H2,(H,8,9)/t2*6-,9-;;3-,4-/m00.0/s1. The number of phenols is 3. The molecular weight excluding hydrogens is 836 g/mol. The number of hydrogen-bond donors (Lipinski definition) is 12. The lowest BCUT2D eigenvalue weighted by atomic mass is 10.1. The van der Waals surface area contributed by atoms with E-state index in [2.05, 4.69) is 5.32 Å². The molecule has 0 saturated carbocycles. The average Bonchev–Trinajstić information content (AvgIpc) is 3.94. The van der Waals surface area contributed by atoms with Crippen LogP contribution < -0.4 is 11.1 Å². The molecule has 0 unspecified atom stereocenters. The quantitative estimate of drug-likeness (QED) is 0.0581. The van der Waals surface area contributed by atoms with Crippen molar-refractivity contribution in [2.45, 2.75) is 55.7 Å². The summed E-state index contributed by atoms with van der Waals surface area (Å²) in [6.07, 6.45) is -2.17. The number of aliphatic hydroxyl groups is 3. The molecule has 3 saturated heterocycles. The van der Waals surface area contributed by atoms with Gasteiger partial charge in [-0.1, -0.05) is 18.2 Å². The minimum atomic E-state index is -1.40. The number of carboxylic acids is 4. The summed E-state index contributed by atoms with van der Waals surface area (Å²) < 4.78 is 0. The number of carbonyl (C=O) groups is 6. The molecule has 3 aromatic carbocycles. The zero-order chi connectivity index (χ0) is 46.7. The molecule has 0 aromatic heterocycles. The van der Waals surface area contributed by atoms with Crippen LogP contribution in [0, 0.1) is 20.2 Å². The fraction of sp³-hybridized carbons (Fsp3) is 0.333. The van der Waals surface area contributed by atoms with Gasteiger partial charge >= 0.3 is 35.3 Å². The molecule has 3 fully saturated rings. The summed E-state index contributed by atoms with van der Waals surface area (Å²) in [6, 6.07) is 8.13. The van der Waals surface area contributed by atoms with Crippen LogP contribution in [0.25, 0.3) is 0 Å². The molecule has 0 bridgehead atoms. The molecule has 0 spiro atoms. The minimum absolute atomic E-state index is 0.0237. The Hall–Kier alpha value is -7.68. The van der Waals surface area contributed by atoms with Crippen molar-refractivity contribution in [1.82, 2.24) is 15.1 Å². The summed E-state index contributed by atoms with van der Waals surface area (Å²) in [4.78, 5) is 88.4. The Kier molecular flexibility index (Phi) is 16.5. The highest BCUT2D eigenvalue weighted by Crippen LogP contribution is 2.33. The van der Waals surface area contributed by atoms with Gasteiger partial charge in [-0.2, -0.15) is 0 Å². The number of carbonyl (C=O) groups excluding carboxylic acids is 2. The van der Waals surface area contributed by atoms with Crippen LogP contribution in [0.5, 0.6) is 17.2 Å². The summed E-state index contributed by atoms with van der Waals surface area (Å²) in [6.45, 7) is 0.110. The molecule has 62 heavy (non-hydrogen) atoms. The number of aliphatic hydroxyl groups excluding tert-OH is 3. The maximum Gasteiger partial charge on any atom is 0.339 e. The van der Waals surface area contributed by atoms with Gasteiger partial charge in [-0.3, -0.25) is 34.6 Å². The number of aliphatic carboxylic acids is 3. The van der Waals surface area contributed by atoms with Crippen molar-refractivity contribution in [1.29, 1.82) is 0 Å². The number of para-hydroxylation sites is 3. The smallest absolute Gasteiger partial charge is 0.339 e. The number of nitro benzene ring substituents is 2. The Labute approximate surface area is 347 Å². The van der Waals surface area contributed by atoms with E-state index in [4.69, 9.17) is 36.4 Å². The number of phenolic OH excluding ortho intramolecular Hbond substituents is 2. The highest BCUT2D eigenvalue weighted by atomic mass is 16.6. The topological polar surface area (TPSA) is 436 Å². The second kappa shape index (κ2) is 21.0. The lowest BCUT2D eigenvalue weighted by Gasteiger charge is -2.21.